The van der Waals surface area contributed by atoms with Crippen molar-refractivity contribution in [1.82, 2.24) is 0 Å². The molecule has 0 aliphatic heterocycles. The Morgan fingerprint density at radius 2 is 1.64 bits per heavy atom. The summed E-state index contributed by atoms with van der Waals surface area (Å²) >= 11 is 0. The summed E-state index contributed by atoms with van der Waals surface area (Å²) in [6.45, 7) is 4.18. The molecule has 0 spiro atoms. The third-order valence-electron chi connectivity index (χ3n) is 3.64. The predicted octanol–water partition coefficient (Wildman–Crippen LogP) is 4.28. The highest BCUT2D eigenvalue weighted by Crippen LogP contribution is 2.23. The first-order valence-corrected chi connectivity index (χ1v) is 8.95. The maximum absolute atomic E-state index is 12.3. The minimum absolute atomic E-state index is 0.0893. The zero-order chi connectivity index (χ0) is 16.0. The Morgan fingerprint density at radius 3 is 2.23 bits per heavy atom. The first-order valence-electron chi connectivity index (χ1n) is 7.54. The molecule has 3 nitrogen and oxygen atoms in total. The van der Waals surface area contributed by atoms with Crippen LogP contribution in [0.3, 0.4) is 0 Å². The van der Waals surface area contributed by atoms with E-state index in [0.717, 1.165) is 24.0 Å². The molecule has 118 valence electrons. The van der Waals surface area contributed by atoms with Crippen molar-refractivity contribution in [2.24, 2.45) is 0 Å². The molecule has 2 aromatic rings. The van der Waals surface area contributed by atoms with Crippen LogP contribution >= 0.6 is 0 Å². The van der Waals surface area contributed by atoms with E-state index in [4.69, 9.17) is 4.18 Å². The van der Waals surface area contributed by atoms with E-state index < -0.39 is 10.1 Å². The summed E-state index contributed by atoms with van der Waals surface area (Å²) in [5.74, 6) is 0.0893. The standard InChI is InChI=1S/C18H22O3S/c1-3-7-17(16-8-5-4-6-9-16)14-21-22(19,20)18-12-10-15(2)11-13-18/h4-6,8-13,17H,3,7,14H2,1-2H3/t17-/m0/s1. The summed E-state index contributed by atoms with van der Waals surface area (Å²) in [5, 5.41) is 0. The van der Waals surface area contributed by atoms with Crippen LogP contribution < -0.4 is 0 Å². The van der Waals surface area contributed by atoms with Crippen molar-refractivity contribution in [2.45, 2.75) is 37.5 Å². The van der Waals surface area contributed by atoms with Gasteiger partial charge in [-0.15, -0.1) is 0 Å². The van der Waals surface area contributed by atoms with Crippen LogP contribution in [-0.2, 0) is 14.3 Å². The Hall–Kier alpha value is -1.65. The Balaban J connectivity index is 2.10. The third-order valence-corrected chi connectivity index (χ3v) is 4.94. The quantitative estimate of drug-likeness (QED) is 0.716. The SMILES string of the molecule is CCC[C@@H](COS(=O)(=O)c1ccc(C)cc1)c1ccccc1. The van der Waals surface area contributed by atoms with Crippen molar-refractivity contribution in [2.75, 3.05) is 6.61 Å². The molecular formula is C18H22O3S. The van der Waals surface area contributed by atoms with E-state index in [0.29, 0.717) is 0 Å². The van der Waals surface area contributed by atoms with Crippen LogP contribution in [0.15, 0.2) is 59.5 Å². The molecule has 0 saturated heterocycles. The maximum atomic E-state index is 12.3. The summed E-state index contributed by atoms with van der Waals surface area (Å²) in [7, 11) is -3.70. The van der Waals surface area contributed by atoms with Gasteiger partial charge in [0, 0.05) is 5.92 Å². The van der Waals surface area contributed by atoms with Crippen LogP contribution in [0.2, 0.25) is 0 Å². The average molecular weight is 318 g/mol. The van der Waals surface area contributed by atoms with Crippen LogP contribution in [-0.4, -0.2) is 15.0 Å². The van der Waals surface area contributed by atoms with Crippen LogP contribution in [0, 0.1) is 6.92 Å². The van der Waals surface area contributed by atoms with Crippen LogP contribution in [0.25, 0.3) is 0 Å². The lowest BCUT2D eigenvalue weighted by molar-refractivity contribution is 0.284. The Kier molecular flexibility index (Phi) is 5.75. The van der Waals surface area contributed by atoms with Crippen LogP contribution in [0.1, 0.15) is 36.8 Å². The molecule has 2 aromatic carbocycles. The molecular weight excluding hydrogens is 296 g/mol. The normalized spacial score (nSPS) is 13.0. The topological polar surface area (TPSA) is 43.4 Å². The summed E-state index contributed by atoms with van der Waals surface area (Å²) in [5.41, 5.74) is 2.13. The van der Waals surface area contributed by atoms with Gasteiger partial charge in [0.1, 0.15) is 0 Å². The van der Waals surface area contributed by atoms with Crippen LogP contribution in [0.4, 0.5) is 0 Å². The lowest BCUT2D eigenvalue weighted by Crippen LogP contribution is -2.14. The molecule has 1 atom stereocenters. The van der Waals surface area contributed by atoms with E-state index in [2.05, 4.69) is 6.92 Å². The first kappa shape index (κ1) is 16.7. The van der Waals surface area contributed by atoms with Gasteiger partial charge >= 0.3 is 0 Å². The van der Waals surface area contributed by atoms with Gasteiger partial charge in [-0.1, -0.05) is 61.4 Å². The molecule has 0 aliphatic carbocycles. The fourth-order valence-electron chi connectivity index (χ4n) is 2.36. The molecule has 0 unspecified atom stereocenters. The fraction of sp³-hybridized carbons (Fsp3) is 0.333. The molecule has 0 saturated carbocycles. The molecule has 4 heteroatoms. The van der Waals surface area contributed by atoms with Gasteiger partial charge in [0.15, 0.2) is 0 Å². The molecule has 0 radical (unpaired) electrons. The first-order chi connectivity index (χ1) is 10.5. The lowest BCUT2D eigenvalue weighted by Gasteiger charge is -2.16. The molecule has 0 heterocycles. The highest BCUT2D eigenvalue weighted by molar-refractivity contribution is 7.86. The number of hydrogen-bond donors (Lipinski definition) is 0. The molecule has 0 aliphatic rings. The van der Waals surface area contributed by atoms with Gasteiger partial charge in [-0.2, -0.15) is 8.42 Å². The largest absolute Gasteiger partial charge is 0.296 e. The Labute approximate surface area is 133 Å². The van der Waals surface area contributed by atoms with Crippen molar-refractivity contribution >= 4 is 10.1 Å². The van der Waals surface area contributed by atoms with Gasteiger partial charge in [0.05, 0.1) is 11.5 Å². The second kappa shape index (κ2) is 7.56. The average Bonchev–Trinajstić information content (AvgIpc) is 2.53. The molecule has 2 rings (SSSR count). The van der Waals surface area contributed by atoms with Gasteiger partial charge < -0.3 is 0 Å². The summed E-state index contributed by atoms with van der Waals surface area (Å²) in [4.78, 5) is 0.210. The summed E-state index contributed by atoms with van der Waals surface area (Å²) in [6.07, 6.45) is 1.88. The number of hydrogen-bond acceptors (Lipinski definition) is 3. The van der Waals surface area contributed by atoms with E-state index in [1.807, 2.05) is 37.3 Å². The van der Waals surface area contributed by atoms with E-state index in [9.17, 15) is 8.42 Å². The maximum Gasteiger partial charge on any atom is 0.296 e. The van der Waals surface area contributed by atoms with E-state index in [-0.39, 0.29) is 17.4 Å². The highest BCUT2D eigenvalue weighted by atomic mass is 32.2. The van der Waals surface area contributed by atoms with Gasteiger partial charge in [-0.3, -0.25) is 4.18 Å². The van der Waals surface area contributed by atoms with E-state index in [1.165, 1.54) is 0 Å². The molecule has 22 heavy (non-hydrogen) atoms. The summed E-state index contributed by atoms with van der Waals surface area (Å²) in [6, 6.07) is 16.6. The second-order valence-electron chi connectivity index (χ2n) is 5.45. The van der Waals surface area contributed by atoms with Crippen LogP contribution in [0.5, 0.6) is 0 Å². The van der Waals surface area contributed by atoms with Crippen molar-refractivity contribution in [3.05, 3.63) is 65.7 Å². The number of benzene rings is 2. The van der Waals surface area contributed by atoms with Crippen molar-refractivity contribution in [3.8, 4) is 0 Å². The number of rotatable bonds is 7. The predicted molar refractivity (Wildman–Crippen MR) is 88.4 cm³/mol. The molecule has 0 fully saturated rings. The van der Waals surface area contributed by atoms with Gasteiger partial charge in [-0.05, 0) is 31.0 Å². The van der Waals surface area contributed by atoms with Crippen molar-refractivity contribution in [1.29, 1.82) is 0 Å². The van der Waals surface area contributed by atoms with Crippen molar-refractivity contribution < 1.29 is 12.6 Å². The van der Waals surface area contributed by atoms with Crippen molar-refractivity contribution in [3.63, 3.8) is 0 Å². The van der Waals surface area contributed by atoms with Gasteiger partial charge in [0.25, 0.3) is 10.1 Å². The minimum atomic E-state index is -3.70. The summed E-state index contributed by atoms with van der Waals surface area (Å²) < 4.78 is 29.8. The smallest absolute Gasteiger partial charge is 0.266 e. The zero-order valence-electron chi connectivity index (χ0n) is 13.0. The lowest BCUT2D eigenvalue weighted by atomic mass is 9.96. The zero-order valence-corrected chi connectivity index (χ0v) is 13.8. The monoisotopic (exact) mass is 318 g/mol. The van der Waals surface area contributed by atoms with Gasteiger partial charge in [-0.25, -0.2) is 0 Å². The highest BCUT2D eigenvalue weighted by Gasteiger charge is 2.19. The van der Waals surface area contributed by atoms with E-state index >= 15 is 0 Å². The second-order valence-corrected chi connectivity index (χ2v) is 7.06. The number of aryl methyl sites for hydroxylation is 1. The Morgan fingerprint density at radius 1 is 1.00 bits per heavy atom. The van der Waals surface area contributed by atoms with E-state index in [1.54, 1.807) is 24.3 Å². The third kappa shape index (κ3) is 4.42. The molecule has 0 N–H and O–H groups in total. The molecule has 0 bridgehead atoms. The molecule has 0 aromatic heterocycles. The van der Waals surface area contributed by atoms with Gasteiger partial charge in [0.2, 0.25) is 0 Å². The Bertz CT molecular complexity index is 676. The minimum Gasteiger partial charge on any atom is -0.266 e. The molecule has 0 amide bonds. The fourth-order valence-corrected chi connectivity index (χ4v) is 3.31.